The fourth-order valence-corrected chi connectivity index (χ4v) is 4.66. The molecule has 0 aliphatic carbocycles. The monoisotopic (exact) mass is 610 g/mol. The number of carbonyl (C=O) groups is 2. The van der Waals surface area contributed by atoms with Gasteiger partial charge in [0.25, 0.3) is 0 Å². The van der Waals surface area contributed by atoms with Crippen LogP contribution < -0.4 is 0 Å². The van der Waals surface area contributed by atoms with E-state index in [9.17, 15) is 9.59 Å². The lowest BCUT2D eigenvalue weighted by atomic mass is 10.1. The zero-order valence-electron chi connectivity index (χ0n) is 28.5. The molecule has 0 rings (SSSR count). The maximum absolute atomic E-state index is 11.8. The lowest BCUT2D eigenvalue weighted by Crippen LogP contribution is -2.11. The predicted octanol–water partition coefficient (Wildman–Crippen LogP) is 12.7. The maximum Gasteiger partial charge on any atom is 0.355 e. The Kier molecular flexibility index (Phi) is 34.4. The standard InChI is InChI=1S/C40H66O4/c1-3-5-7-9-11-13-15-17-19-21-23-25-27-29-31-33-35-37-39(41)43-44-40(42)38-36-34-32-30-28-26-24-22-20-18-16-14-12-10-8-6-4-2/h5-8,11-14,17-20H,3-4,9-10,15-16,21-38H2,1-2H3. The first kappa shape index (κ1) is 41.4. The summed E-state index contributed by atoms with van der Waals surface area (Å²) in [5.74, 6) is -0.882. The van der Waals surface area contributed by atoms with E-state index in [1.807, 2.05) is 0 Å². The average molecular weight is 611 g/mol. The molecule has 44 heavy (non-hydrogen) atoms. The fraction of sp³-hybridized carbons (Fsp3) is 0.650. The molecule has 0 amide bonds. The molecule has 0 aromatic heterocycles. The van der Waals surface area contributed by atoms with E-state index in [1.54, 1.807) is 0 Å². The molecular formula is C40H66O4. The minimum absolute atomic E-state index is 0.311. The molecule has 0 aliphatic rings. The minimum atomic E-state index is -0.441. The van der Waals surface area contributed by atoms with Crippen LogP contribution >= 0.6 is 0 Å². The highest BCUT2D eigenvalue weighted by molar-refractivity contribution is 5.72. The molecule has 0 aromatic rings. The average Bonchev–Trinajstić information content (AvgIpc) is 3.03. The van der Waals surface area contributed by atoms with Gasteiger partial charge in [0.1, 0.15) is 0 Å². The highest BCUT2D eigenvalue weighted by atomic mass is 17.2. The molecule has 0 bridgehead atoms. The van der Waals surface area contributed by atoms with Crippen LogP contribution in [0.4, 0.5) is 0 Å². The van der Waals surface area contributed by atoms with Gasteiger partial charge in [-0.2, -0.15) is 0 Å². The molecule has 0 spiro atoms. The SMILES string of the molecule is CCC=CCC=CCC=CCCCCCCCCCC(=O)OOC(=O)CCCCCCCCCC=CCC=CCC=CCC. The van der Waals surface area contributed by atoms with Gasteiger partial charge in [0.15, 0.2) is 0 Å². The normalized spacial score (nSPS) is 12.3. The van der Waals surface area contributed by atoms with Crippen molar-refractivity contribution >= 4 is 11.9 Å². The van der Waals surface area contributed by atoms with Crippen LogP contribution in [0.5, 0.6) is 0 Å². The Bertz CT molecular complexity index is 747. The van der Waals surface area contributed by atoms with Crippen LogP contribution in [0.25, 0.3) is 0 Å². The second kappa shape index (κ2) is 36.6. The van der Waals surface area contributed by atoms with Gasteiger partial charge in [-0.15, -0.1) is 0 Å². The van der Waals surface area contributed by atoms with Crippen molar-refractivity contribution in [1.29, 1.82) is 0 Å². The summed E-state index contributed by atoms with van der Waals surface area (Å²) in [6.45, 7) is 4.31. The molecule has 250 valence electrons. The van der Waals surface area contributed by atoms with Crippen LogP contribution in [-0.4, -0.2) is 11.9 Å². The lowest BCUT2D eigenvalue weighted by molar-refractivity contribution is -0.259. The summed E-state index contributed by atoms with van der Waals surface area (Å²) in [6, 6.07) is 0. The van der Waals surface area contributed by atoms with Crippen LogP contribution in [0, 0.1) is 0 Å². The van der Waals surface area contributed by atoms with Crippen molar-refractivity contribution in [2.24, 2.45) is 0 Å². The Morgan fingerprint density at radius 3 is 0.977 bits per heavy atom. The van der Waals surface area contributed by atoms with E-state index in [4.69, 9.17) is 9.78 Å². The summed E-state index contributed by atoms with van der Waals surface area (Å²) in [7, 11) is 0. The van der Waals surface area contributed by atoms with E-state index < -0.39 is 11.9 Å². The van der Waals surface area contributed by atoms with Crippen molar-refractivity contribution in [3.63, 3.8) is 0 Å². The van der Waals surface area contributed by atoms with E-state index in [2.05, 4.69) is 86.8 Å². The Morgan fingerprint density at radius 1 is 0.364 bits per heavy atom. The quantitative estimate of drug-likeness (QED) is 0.0351. The Hall–Kier alpha value is -2.62. The fourth-order valence-electron chi connectivity index (χ4n) is 4.66. The Balaban J connectivity index is 3.41. The minimum Gasteiger partial charge on any atom is -0.247 e. The summed E-state index contributed by atoms with van der Waals surface area (Å²) in [5.41, 5.74) is 0. The van der Waals surface area contributed by atoms with E-state index in [0.29, 0.717) is 12.8 Å². The Labute approximate surface area is 271 Å². The van der Waals surface area contributed by atoms with Gasteiger partial charge in [0.05, 0.1) is 12.8 Å². The zero-order valence-corrected chi connectivity index (χ0v) is 28.5. The molecule has 0 radical (unpaired) electrons. The number of hydrogen-bond acceptors (Lipinski definition) is 4. The lowest BCUT2D eigenvalue weighted by Gasteiger charge is -2.04. The van der Waals surface area contributed by atoms with Crippen molar-refractivity contribution < 1.29 is 19.4 Å². The predicted molar refractivity (Wildman–Crippen MR) is 189 cm³/mol. The van der Waals surface area contributed by atoms with Crippen molar-refractivity contribution in [3.8, 4) is 0 Å². The Morgan fingerprint density at radius 2 is 0.636 bits per heavy atom. The summed E-state index contributed by atoms with van der Waals surface area (Å²) in [5, 5.41) is 0. The van der Waals surface area contributed by atoms with Gasteiger partial charge in [-0.1, -0.05) is 151 Å². The summed E-state index contributed by atoms with van der Waals surface area (Å²) in [6.07, 6.45) is 51.9. The summed E-state index contributed by atoms with van der Waals surface area (Å²) >= 11 is 0. The van der Waals surface area contributed by atoms with Crippen molar-refractivity contribution in [2.45, 2.75) is 168 Å². The van der Waals surface area contributed by atoms with Crippen LogP contribution in [-0.2, 0) is 19.4 Å². The first-order valence-corrected chi connectivity index (χ1v) is 18.0. The van der Waals surface area contributed by atoms with Crippen molar-refractivity contribution in [3.05, 3.63) is 72.9 Å². The third-order valence-corrected chi connectivity index (χ3v) is 7.29. The first-order chi connectivity index (χ1) is 21.7. The highest BCUT2D eigenvalue weighted by Gasteiger charge is 2.09. The zero-order chi connectivity index (χ0) is 32.0. The third kappa shape index (κ3) is 35.6. The van der Waals surface area contributed by atoms with Crippen LogP contribution in [0.3, 0.4) is 0 Å². The summed E-state index contributed by atoms with van der Waals surface area (Å²) < 4.78 is 0. The van der Waals surface area contributed by atoms with E-state index in [-0.39, 0.29) is 0 Å². The van der Waals surface area contributed by atoms with Gasteiger partial charge in [0, 0.05) is 0 Å². The van der Waals surface area contributed by atoms with Gasteiger partial charge < -0.3 is 0 Å². The maximum atomic E-state index is 11.8. The topological polar surface area (TPSA) is 52.6 Å². The molecule has 0 aromatic carbocycles. The smallest absolute Gasteiger partial charge is 0.247 e. The molecule has 0 saturated heterocycles. The molecule has 0 fully saturated rings. The summed E-state index contributed by atoms with van der Waals surface area (Å²) in [4.78, 5) is 33.0. The molecule has 0 atom stereocenters. The van der Waals surface area contributed by atoms with E-state index in [0.717, 1.165) is 89.9 Å². The van der Waals surface area contributed by atoms with Crippen LogP contribution in [0.2, 0.25) is 0 Å². The molecular weight excluding hydrogens is 544 g/mol. The molecule has 0 aliphatic heterocycles. The first-order valence-electron chi connectivity index (χ1n) is 18.0. The van der Waals surface area contributed by atoms with Gasteiger partial charge in [-0.25, -0.2) is 19.4 Å². The van der Waals surface area contributed by atoms with Gasteiger partial charge >= 0.3 is 11.9 Å². The molecule has 0 N–H and O–H groups in total. The molecule has 0 heterocycles. The molecule has 4 heteroatoms. The van der Waals surface area contributed by atoms with E-state index in [1.165, 1.54) is 51.4 Å². The molecule has 0 unspecified atom stereocenters. The number of rotatable bonds is 30. The molecule has 4 nitrogen and oxygen atoms in total. The number of unbranched alkanes of at least 4 members (excludes halogenated alkanes) is 14. The van der Waals surface area contributed by atoms with Crippen LogP contribution in [0.1, 0.15) is 168 Å². The van der Waals surface area contributed by atoms with Crippen LogP contribution in [0.15, 0.2) is 72.9 Å². The van der Waals surface area contributed by atoms with Gasteiger partial charge in [-0.05, 0) is 77.0 Å². The number of carbonyl (C=O) groups excluding carboxylic acids is 2. The number of allylic oxidation sites excluding steroid dienone is 12. The van der Waals surface area contributed by atoms with E-state index >= 15 is 0 Å². The van der Waals surface area contributed by atoms with Crippen molar-refractivity contribution in [1.82, 2.24) is 0 Å². The third-order valence-electron chi connectivity index (χ3n) is 7.29. The van der Waals surface area contributed by atoms with Gasteiger partial charge in [-0.3, -0.25) is 0 Å². The number of hydrogen-bond donors (Lipinski definition) is 0. The largest absolute Gasteiger partial charge is 0.355 e. The molecule has 0 saturated carbocycles. The van der Waals surface area contributed by atoms with Gasteiger partial charge in [0.2, 0.25) is 0 Å². The highest BCUT2D eigenvalue weighted by Crippen LogP contribution is 2.12. The van der Waals surface area contributed by atoms with Crippen molar-refractivity contribution in [2.75, 3.05) is 0 Å². The second-order valence-electron chi connectivity index (χ2n) is 11.5. The second-order valence-corrected chi connectivity index (χ2v) is 11.5.